The Hall–Kier alpha value is -1.64. The summed E-state index contributed by atoms with van der Waals surface area (Å²) in [5, 5.41) is 0. The predicted molar refractivity (Wildman–Crippen MR) is 48.7 cm³/mol. The number of rotatable bonds is 1. The summed E-state index contributed by atoms with van der Waals surface area (Å²) >= 11 is 0. The van der Waals surface area contributed by atoms with E-state index in [1.54, 1.807) is 18.3 Å². The van der Waals surface area contributed by atoms with Gasteiger partial charge in [0.2, 0.25) is 0 Å². The van der Waals surface area contributed by atoms with Gasteiger partial charge in [-0.2, -0.15) is 0 Å². The number of hydrogen-bond acceptors (Lipinski definition) is 1. The minimum Gasteiger partial charge on any atom is -0.345 e. The summed E-state index contributed by atoms with van der Waals surface area (Å²) in [5.41, 5.74) is 2.31. The van der Waals surface area contributed by atoms with E-state index >= 15 is 0 Å². The molecule has 0 amide bonds. The first-order chi connectivity index (χ1) is 6.27. The fourth-order valence-electron chi connectivity index (χ4n) is 1.25. The van der Waals surface area contributed by atoms with Crippen molar-refractivity contribution in [2.45, 2.75) is 6.92 Å². The first-order valence-electron chi connectivity index (χ1n) is 4.02. The van der Waals surface area contributed by atoms with Crippen LogP contribution in [0.1, 0.15) is 5.56 Å². The second-order valence-corrected chi connectivity index (χ2v) is 2.95. The molecule has 0 spiro atoms. The van der Waals surface area contributed by atoms with Gasteiger partial charge in [0.1, 0.15) is 5.82 Å². The van der Waals surface area contributed by atoms with Crippen LogP contribution in [0.25, 0.3) is 11.3 Å². The van der Waals surface area contributed by atoms with Crippen LogP contribution in [0.2, 0.25) is 0 Å². The zero-order chi connectivity index (χ0) is 9.26. The number of benzene rings is 1. The van der Waals surface area contributed by atoms with E-state index in [0.29, 0.717) is 11.3 Å². The number of nitrogens with zero attached hydrogens (tertiary/aromatic N) is 1. The molecule has 1 heterocycles. The number of H-pyrrole nitrogens is 1. The van der Waals surface area contributed by atoms with Crippen molar-refractivity contribution in [2.75, 3.05) is 0 Å². The van der Waals surface area contributed by atoms with Crippen molar-refractivity contribution < 1.29 is 4.39 Å². The number of imidazole rings is 1. The maximum Gasteiger partial charge on any atom is 0.132 e. The normalized spacial score (nSPS) is 10.3. The Labute approximate surface area is 75.4 Å². The third-order valence-corrected chi connectivity index (χ3v) is 1.91. The van der Waals surface area contributed by atoms with Gasteiger partial charge in [0.25, 0.3) is 0 Å². The zero-order valence-corrected chi connectivity index (χ0v) is 7.21. The molecule has 0 fully saturated rings. The molecule has 1 aromatic carbocycles. The van der Waals surface area contributed by atoms with Crippen molar-refractivity contribution in [2.24, 2.45) is 0 Å². The van der Waals surface area contributed by atoms with Crippen LogP contribution in [0.4, 0.5) is 4.39 Å². The number of aromatic amines is 1. The van der Waals surface area contributed by atoms with Gasteiger partial charge in [-0.1, -0.05) is 11.6 Å². The minimum absolute atomic E-state index is 0.227. The standard InChI is InChI=1S/C10H9FN2/c1-7-2-3-9(11)8(4-7)10-5-12-6-13-10/h2-6H,1H3,(H,12,13). The minimum atomic E-state index is -0.227. The highest BCUT2D eigenvalue weighted by molar-refractivity contribution is 5.59. The molecule has 0 atom stereocenters. The average molecular weight is 176 g/mol. The summed E-state index contributed by atoms with van der Waals surface area (Å²) < 4.78 is 13.3. The molecule has 0 saturated heterocycles. The molecule has 0 aliphatic heterocycles. The molecule has 0 aliphatic rings. The van der Waals surface area contributed by atoms with E-state index in [1.165, 1.54) is 12.4 Å². The molecule has 0 unspecified atom stereocenters. The summed E-state index contributed by atoms with van der Waals surface area (Å²) in [6.07, 6.45) is 3.15. The number of aromatic nitrogens is 2. The van der Waals surface area contributed by atoms with Gasteiger partial charge in [-0.3, -0.25) is 0 Å². The van der Waals surface area contributed by atoms with Gasteiger partial charge in [-0.05, 0) is 19.1 Å². The highest BCUT2D eigenvalue weighted by Crippen LogP contribution is 2.20. The molecule has 2 nitrogen and oxygen atoms in total. The second kappa shape index (κ2) is 3.01. The van der Waals surface area contributed by atoms with Gasteiger partial charge in [0.05, 0.1) is 18.2 Å². The molecule has 2 aromatic rings. The molecule has 0 saturated carbocycles. The molecule has 2 rings (SSSR count). The number of aryl methyl sites for hydroxylation is 1. The van der Waals surface area contributed by atoms with E-state index in [-0.39, 0.29) is 5.82 Å². The van der Waals surface area contributed by atoms with Crippen molar-refractivity contribution in [3.8, 4) is 11.3 Å². The first kappa shape index (κ1) is 7.98. The zero-order valence-electron chi connectivity index (χ0n) is 7.21. The van der Waals surface area contributed by atoms with E-state index in [1.807, 2.05) is 6.92 Å². The fraction of sp³-hybridized carbons (Fsp3) is 0.100. The first-order valence-corrected chi connectivity index (χ1v) is 4.02. The molecule has 0 bridgehead atoms. The van der Waals surface area contributed by atoms with E-state index in [9.17, 15) is 4.39 Å². The van der Waals surface area contributed by atoms with Crippen molar-refractivity contribution in [1.29, 1.82) is 0 Å². The van der Waals surface area contributed by atoms with Crippen LogP contribution in [-0.4, -0.2) is 9.97 Å². The van der Waals surface area contributed by atoms with E-state index in [4.69, 9.17) is 0 Å². The molecule has 66 valence electrons. The Balaban J connectivity index is 2.57. The lowest BCUT2D eigenvalue weighted by atomic mass is 10.1. The third-order valence-electron chi connectivity index (χ3n) is 1.91. The molecular weight excluding hydrogens is 167 g/mol. The molecule has 0 radical (unpaired) electrons. The van der Waals surface area contributed by atoms with Gasteiger partial charge >= 0.3 is 0 Å². The SMILES string of the molecule is Cc1ccc(F)c(-c2cnc[nH]2)c1. The lowest BCUT2D eigenvalue weighted by Gasteiger charge is -2.00. The monoisotopic (exact) mass is 176 g/mol. The van der Waals surface area contributed by atoms with Crippen LogP contribution in [0.3, 0.4) is 0 Å². The van der Waals surface area contributed by atoms with E-state index in [0.717, 1.165) is 5.56 Å². The van der Waals surface area contributed by atoms with Gasteiger partial charge in [0.15, 0.2) is 0 Å². The number of nitrogens with one attached hydrogen (secondary N) is 1. The highest BCUT2D eigenvalue weighted by Gasteiger charge is 2.05. The lowest BCUT2D eigenvalue weighted by molar-refractivity contribution is 0.630. The molecular formula is C10H9FN2. The van der Waals surface area contributed by atoms with Gasteiger partial charge in [-0.25, -0.2) is 9.37 Å². The summed E-state index contributed by atoms with van der Waals surface area (Å²) in [5.74, 6) is -0.227. The fourth-order valence-corrected chi connectivity index (χ4v) is 1.25. The average Bonchev–Trinajstić information content (AvgIpc) is 2.61. The lowest BCUT2D eigenvalue weighted by Crippen LogP contribution is -1.85. The molecule has 3 heteroatoms. The smallest absolute Gasteiger partial charge is 0.132 e. The number of hydrogen-bond donors (Lipinski definition) is 1. The van der Waals surface area contributed by atoms with Crippen molar-refractivity contribution in [1.82, 2.24) is 9.97 Å². The molecule has 0 aliphatic carbocycles. The summed E-state index contributed by atoms with van der Waals surface area (Å²) in [7, 11) is 0. The Kier molecular flexibility index (Phi) is 1.85. The van der Waals surface area contributed by atoms with Crippen LogP contribution < -0.4 is 0 Å². The molecule has 1 aromatic heterocycles. The third kappa shape index (κ3) is 1.45. The van der Waals surface area contributed by atoms with Gasteiger partial charge in [-0.15, -0.1) is 0 Å². The van der Waals surface area contributed by atoms with Crippen molar-refractivity contribution in [3.05, 3.63) is 42.1 Å². The van der Waals surface area contributed by atoms with Crippen LogP contribution in [0.15, 0.2) is 30.7 Å². The quantitative estimate of drug-likeness (QED) is 0.710. The predicted octanol–water partition coefficient (Wildman–Crippen LogP) is 2.52. The van der Waals surface area contributed by atoms with Gasteiger partial charge < -0.3 is 4.98 Å². The maximum atomic E-state index is 13.3. The second-order valence-electron chi connectivity index (χ2n) is 2.95. The summed E-state index contributed by atoms with van der Waals surface area (Å²) in [6.45, 7) is 1.93. The Morgan fingerprint density at radius 3 is 2.92 bits per heavy atom. The van der Waals surface area contributed by atoms with Crippen LogP contribution >= 0.6 is 0 Å². The van der Waals surface area contributed by atoms with Crippen LogP contribution in [0.5, 0.6) is 0 Å². The molecule has 13 heavy (non-hydrogen) atoms. The topological polar surface area (TPSA) is 28.7 Å². The molecule has 1 N–H and O–H groups in total. The Morgan fingerprint density at radius 2 is 2.23 bits per heavy atom. The summed E-state index contributed by atoms with van der Waals surface area (Å²) in [4.78, 5) is 6.72. The van der Waals surface area contributed by atoms with Crippen LogP contribution in [0, 0.1) is 12.7 Å². The Bertz CT molecular complexity index is 407. The van der Waals surface area contributed by atoms with E-state index in [2.05, 4.69) is 9.97 Å². The van der Waals surface area contributed by atoms with Crippen molar-refractivity contribution >= 4 is 0 Å². The Morgan fingerprint density at radius 1 is 1.38 bits per heavy atom. The van der Waals surface area contributed by atoms with Crippen molar-refractivity contribution in [3.63, 3.8) is 0 Å². The van der Waals surface area contributed by atoms with Crippen LogP contribution in [-0.2, 0) is 0 Å². The highest BCUT2D eigenvalue weighted by atomic mass is 19.1. The number of halogens is 1. The van der Waals surface area contributed by atoms with E-state index < -0.39 is 0 Å². The largest absolute Gasteiger partial charge is 0.345 e. The van der Waals surface area contributed by atoms with Gasteiger partial charge in [0, 0.05) is 5.56 Å². The summed E-state index contributed by atoms with van der Waals surface area (Å²) in [6, 6.07) is 5.00. The maximum absolute atomic E-state index is 13.3.